The van der Waals surface area contributed by atoms with Crippen molar-refractivity contribution in [3.63, 3.8) is 0 Å². The number of nitrogens with zero attached hydrogens (tertiary/aromatic N) is 2. The van der Waals surface area contributed by atoms with Gasteiger partial charge in [0.2, 0.25) is 6.79 Å². The fourth-order valence-electron chi connectivity index (χ4n) is 2.87. The van der Waals surface area contributed by atoms with Gasteiger partial charge in [0.05, 0.1) is 5.69 Å². The second-order valence-corrected chi connectivity index (χ2v) is 7.03. The van der Waals surface area contributed by atoms with E-state index in [2.05, 4.69) is 40.7 Å². The maximum Gasteiger partial charge on any atom is 0.231 e. The van der Waals surface area contributed by atoms with Crippen molar-refractivity contribution in [2.24, 2.45) is 4.99 Å². The Morgan fingerprint density at radius 1 is 1.19 bits per heavy atom. The second kappa shape index (κ2) is 8.81. The molecule has 0 spiro atoms. The highest BCUT2D eigenvalue weighted by Crippen LogP contribution is 2.36. The number of aromatic nitrogens is 1. The number of benzene rings is 1. The average Bonchev–Trinajstić information content (AvgIpc) is 3.21. The number of guanidine groups is 1. The largest absolute Gasteiger partial charge is 0.454 e. The molecule has 0 fully saturated rings. The first kappa shape index (κ1) is 21.3. The summed E-state index contributed by atoms with van der Waals surface area (Å²) in [6.07, 6.45) is 0. The highest BCUT2D eigenvalue weighted by molar-refractivity contribution is 14.0. The van der Waals surface area contributed by atoms with E-state index in [0.29, 0.717) is 13.1 Å². The molecule has 2 N–H and O–H groups in total. The molecule has 2 heterocycles. The summed E-state index contributed by atoms with van der Waals surface area (Å²) in [7, 11) is 1.76. The van der Waals surface area contributed by atoms with Crippen LogP contribution in [0.4, 0.5) is 0 Å². The number of halogens is 1. The lowest BCUT2D eigenvalue weighted by molar-refractivity contribution is 0.174. The van der Waals surface area contributed by atoms with Gasteiger partial charge < -0.3 is 24.6 Å². The van der Waals surface area contributed by atoms with Crippen LogP contribution in [0.3, 0.4) is 0 Å². The summed E-state index contributed by atoms with van der Waals surface area (Å²) in [5.74, 6) is 3.16. The van der Waals surface area contributed by atoms with E-state index in [1.165, 1.54) is 5.56 Å². The monoisotopic (exact) mass is 486 g/mol. The molecular formula is C19H27IN4O3. The molecule has 2 aromatic rings. The highest BCUT2D eigenvalue weighted by Gasteiger charge is 2.24. The van der Waals surface area contributed by atoms with Crippen LogP contribution in [-0.4, -0.2) is 31.5 Å². The first-order valence-corrected chi connectivity index (χ1v) is 8.67. The predicted molar refractivity (Wildman–Crippen MR) is 115 cm³/mol. The van der Waals surface area contributed by atoms with Crippen LogP contribution < -0.4 is 20.1 Å². The summed E-state index contributed by atoms with van der Waals surface area (Å²) in [5, 5.41) is 10.7. The van der Waals surface area contributed by atoms with Gasteiger partial charge in [0.25, 0.3) is 0 Å². The van der Waals surface area contributed by atoms with Crippen LogP contribution in [0.2, 0.25) is 0 Å². The molecule has 0 aliphatic carbocycles. The van der Waals surface area contributed by atoms with E-state index in [1.807, 2.05) is 26.0 Å². The van der Waals surface area contributed by atoms with Gasteiger partial charge in [-0.3, -0.25) is 4.99 Å². The van der Waals surface area contributed by atoms with Gasteiger partial charge >= 0.3 is 0 Å². The number of hydrogen-bond acceptors (Lipinski definition) is 5. The van der Waals surface area contributed by atoms with Crippen LogP contribution in [0.5, 0.6) is 11.5 Å². The predicted octanol–water partition coefficient (Wildman–Crippen LogP) is 3.28. The molecule has 0 unspecified atom stereocenters. The van der Waals surface area contributed by atoms with Crippen LogP contribution in [0.15, 0.2) is 27.7 Å². The van der Waals surface area contributed by atoms with Crippen LogP contribution in [0.1, 0.15) is 36.4 Å². The van der Waals surface area contributed by atoms with Gasteiger partial charge in [-0.15, -0.1) is 24.0 Å². The van der Waals surface area contributed by atoms with Gasteiger partial charge in [0, 0.05) is 31.1 Å². The van der Waals surface area contributed by atoms with Gasteiger partial charge in [0.1, 0.15) is 5.76 Å². The van der Waals surface area contributed by atoms with Crippen LogP contribution in [0, 0.1) is 13.8 Å². The molecule has 3 rings (SSSR count). The molecule has 27 heavy (non-hydrogen) atoms. The quantitative estimate of drug-likeness (QED) is 0.384. The van der Waals surface area contributed by atoms with Crippen molar-refractivity contribution in [3.05, 3.63) is 40.8 Å². The van der Waals surface area contributed by atoms with Gasteiger partial charge in [-0.1, -0.05) is 25.1 Å². The minimum absolute atomic E-state index is 0. The molecule has 0 saturated carbocycles. The Hall–Kier alpha value is -1.97. The molecule has 0 atom stereocenters. The third kappa shape index (κ3) is 4.85. The number of hydrogen-bond donors (Lipinski definition) is 2. The maximum atomic E-state index is 5.49. The zero-order valence-electron chi connectivity index (χ0n) is 16.4. The Bertz CT molecular complexity index is 798. The van der Waals surface area contributed by atoms with Crippen LogP contribution >= 0.6 is 24.0 Å². The van der Waals surface area contributed by atoms with Gasteiger partial charge in [-0.2, -0.15) is 0 Å². The summed E-state index contributed by atoms with van der Waals surface area (Å²) >= 11 is 0. The number of nitrogens with one attached hydrogen (secondary N) is 2. The van der Waals surface area contributed by atoms with Crippen molar-refractivity contribution in [1.82, 2.24) is 15.8 Å². The molecule has 1 aromatic carbocycles. The van der Waals surface area contributed by atoms with E-state index < -0.39 is 0 Å². The van der Waals surface area contributed by atoms with E-state index in [-0.39, 0.29) is 36.2 Å². The zero-order chi connectivity index (χ0) is 18.7. The van der Waals surface area contributed by atoms with E-state index in [9.17, 15) is 0 Å². The van der Waals surface area contributed by atoms with Gasteiger partial charge in [-0.25, -0.2) is 0 Å². The average molecular weight is 486 g/mol. The molecule has 8 heteroatoms. The minimum Gasteiger partial charge on any atom is -0.454 e. The third-order valence-electron chi connectivity index (χ3n) is 4.69. The molecule has 1 aliphatic heterocycles. The molecule has 148 valence electrons. The number of aliphatic imine (C=N–C) groups is 1. The van der Waals surface area contributed by atoms with Crippen molar-refractivity contribution in [2.75, 3.05) is 20.4 Å². The Kier molecular flexibility index (Phi) is 6.96. The number of rotatable bonds is 5. The maximum absolute atomic E-state index is 5.49. The van der Waals surface area contributed by atoms with Crippen molar-refractivity contribution < 1.29 is 14.0 Å². The van der Waals surface area contributed by atoms with E-state index in [1.54, 1.807) is 7.05 Å². The van der Waals surface area contributed by atoms with Crippen molar-refractivity contribution in [3.8, 4) is 11.5 Å². The van der Waals surface area contributed by atoms with Crippen molar-refractivity contribution in [1.29, 1.82) is 0 Å². The second-order valence-electron chi connectivity index (χ2n) is 7.03. The van der Waals surface area contributed by atoms with Gasteiger partial charge in [-0.05, 0) is 31.5 Å². The first-order valence-electron chi connectivity index (χ1n) is 8.67. The molecule has 0 amide bonds. The van der Waals surface area contributed by atoms with Gasteiger partial charge in [0.15, 0.2) is 17.5 Å². The molecule has 0 bridgehead atoms. The first-order chi connectivity index (χ1) is 12.4. The summed E-state index contributed by atoms with van der Waals surface area (Å²) in [5.41, 5.74) is 3.02. The fraction of sp³-hybridized carbons (Fsp3) is 0.474. The van der Waals surface area contributed by atoms with Crippen molar-refractivity contribution >= 4 is 29.9 Å². The summed E-state index contributed by atoms with van der Waals surface area (Å²) in [4.78, 5) is 4.30. The zero-order valence-corrected chi connectivity index (χ0v) is 18.7. The smallest absolute Gasteiger partial charge is 0.231 e. The summed E-state index contributed by atoms with van der Waals surface area (Å²) in [6, 6.07) is 6.09. The summed E-state index contributed by atoms with van der Waals surface area (Å²) in [6.45, 7) is 9.83. The standard InChI is InChI=1S/C19H26N4O3.HI/c1-12-15(13(2)26-23-12)9-21-18(20-5)22-10-19(3,4)14-6-7-16-17(8-14)25-11-24-16;/h6-8H,9-11H2,1-5H3,(H2,20,21,22);1H. The van der Waals surface area contributed by atoms with Crippen molar-refractivity contribution in [2.45, 2.75) is 39.7 Å². The Balaban J connectivity index is 0.00000261. The Morgan fingerprint density at radius 3 is 2.59 bits per heavy atom. The normalized spacial score (nSPS) is 13.3. The lowest BCUT2D eigenvalue weighted by atomic mass is 9.84. The summed E-state index contributed by atoms with van der Waals surface area (Å²) < 4.78 is 16.1. The molecular weight excluding hydrogens is 459 g/mol. The fourth-order valence-corrected chi connectivity index (χ4v) is 2.87. The lowest BCUT2D eigenvalue weighted by Crippen LogP contribution is -2.43. The van der Waals surface area contributed by atoms with E-state index in [4.69, 9.17) is 14.0 Å². The molecule has 7 nitrogen and oxygen atoms in total. The molecule has 1 aromatic heterocycles. The van der Waals surface area contributed by atoms with E-state index >= 15 is 0 Å². The number of aryl methyl sites for hydroxylation is 2. The third-order valence-corrected chi connectivity index (χ3v) is 4.69. The SMILES string of the molecule is CN=C(NCc1c(C)noc1C)NCC(C)(C)c1ccc2c(c1)OCO2.I. The number of ether oxygens (including phenoxy) is 2. The lowest BCUT2D eigenvalue weighted by Gasteiger charge is -2.27. The Morgan fingerprint density at radius 2 is 1.93 bits per heavy atom. The van der Waals surface area contributed by atoms with Crippen LogP contribution in [0.25, 0.3) is 0 Å². The topological polar surface area (TPSA) is 80.9 Å². The van der Waals surface area contributed by atoms with Crippen LogP contribution in [-0.2, 0) is 12.0 Å². The Labute approximate surface area is 176 Å². The highest BCUT2D eigenvalue weighted by atomic mass is 127. The molecule has 1 aliphatic rings. The molecule has 0 radical (unpaired) electrons. The molecule has 0 saturated heterocycles. The van der Waals surface area contributed by atoms with E-state index in [0.717, 1.165) is 34.5 Å². The minimum atomic E-state index is -0.109. The number of fused-ring (bicyclic) bond motifs is 1.